The number of carbonyl (C=O) groups excluding carboxylic acids is 2. The molecule has 1 heterocycles. The summed E-state index contributed by atoms with van der Waals surface area (Å²) in [6.45, 7) is 5.00. The Morgan fingerprint density at radius 1 is 1.27 bits per heavy atom. The van der Waals surface area contributed by atoms with E-state index in [0.717, 1.165) is 11.3 Å². The normalized spacial score (nSPS) is 11.1. The quantitative estimate of drug-likeness (QED) is 0.539. The molecule has 0 spiro atoms. The van der Waals surface area contributed by atoms with Crippen molar-refractivity contribution in [1.82, 2.24) is 14.7 Å². The van der Waals surface area contributed by atoms with Crippen molar-refractivity contribution in [2.24, 2.45) is 5.92 Å². The molecule has 0 fully saturated rings. The van der Waals surface area contributed by atoms with E-state index in [1.165, 1.54) is 13.2 Å². The summed E-state index contributed by atoms with van der Waals surface area (Å²) in [5, 5.41) is 4.31. The molecule has 0 saturated carbocycles. The summed E-state index contributed by atoms with van der Waals surface area (Å²) in [4.78, 5) is 25.5. The van der Waals surface area contributed by atoms with Crippen molar-refractivity contribution < 1.29 is 14.3 Å². The van der Waals surface area contributed by atoms with Gasteiger partial charge in [0.15, 0.2) is 0 Å². The average Bonchev–Trinajstić information content (AvgIpc) is 3.12. The first-order valence-electron chi connectivity index (χ1n) is 8.63. The standard InChI is InChI=1S/C20H25N3O3/c1-16(2)14-22(12-11-20(25)26-3)19(24)10-9-17-13-21-23(15-17)18-7-5-4-6-8-18/h4-10,13,15-16H,11-12,14H2,1-3H3. The molecule has 0 bridgehead atoms. The van der Waals surface area contributed by atoms with Gasteiger partial charge in [-0.1, -0.05) is 32.0 Å². The van der Waals surface area contributed by atoms with Gasteiger partial charge in [-0.05, 0) is 24.1 Å². The van der Waals surface area contributed by atoms with E-state index < -0.39 is 0 Å². The monoisotopic (exact) mass is 355 g/mol. The van der Waals surface area contributed by atoms with E-state index in [4.69, 9.17) is 0 Å². The van der Waals surface area contributed by atoms with Crippen LogP contribution in [0.3, 0.4) is 0 Å². The molecule has 1 aromatic heterocycles. The van der Waals surface area contributed by atoms with Crippen molar-refractivity contribution in [3.8, 4) is 5.69 Å². The molecule has 0 N–H and O–H groups in total. The third-order valence-electron chi connectivity index (χ3n) is 3.75. The Hall–Kier alpha value is -2.89. The van der Waals surface area contributed by atoms with Gasteiger partial charge in [0, 0.05) is 30.9 Å². The van der Waals surface area contributed by atoms with Gasteiger partial charge < -0.3 is 9.64 Å². The molecule has 0 aliphatic rings. The van der Waals surface area contributed by atoms with E-state index in [-0.39, 0.29) is 18.3 Å². The van der Waals surface area contributed by atoms with E-state index in [2.05, 4.69) is 9.84 Å². The van der Waals surface area contributed by atoms with Crippen molar-refractivity contribution in [1.29, 1.82) is 0 Å². The highest BCUT2D eigenvalue weighted by Gasteiger charge is 2.14. The summed E-state index contributed by atoms with van der Waals surface area (Å²) < 4.78 is 6.41. The number of hydrogen-bond acceptors (Lipinski definition) is 4. The predicted molar refractivity (Wildman–Crippen MR) is 101 cm³/mol. The fourth-order valence-corrected chi connectivity index (χ4v) is 2.48. The van der Waals surface area contributed by atoms with E-state index in [1.807, 2.05) is 50.4 Å². The smallest absolute Gasteiger partial charge is 0.307 e. The number of esters is 1. The highest BCUT2D eigenvalue weighted by molar-refractivity contribution is 5.92. The number of methoxy groups -OCH3 is 1. The van der Waals surface area contributed by atoms with E-state index in [9.17, 15) is 9.59 Å². The predicted octanol–water partition coefficient (Wildman–Crippen LogP) is 2.93. The molecule has 0 aliphatic carbocycles. The third kappa shape index (κ3) is 5.88. The molecule has 2 aromatic rings. The van der Waals surface area contributed by atoms with Crippen LogP contribution in [0.25, 0.3) is 11.8 Å². The first kappa shape index (κ1) is 19.4. The number of carbonyl (C=O) groups is 2. The van der Waals surface area contributed by atoms with Crippen LogP contribution in [0.15, 0.2) is 48.8 Å². The van der Waals surface area contributed by atoms with Gasteiger partial charge in [0.25, 0.3) is 0 Å². The molecule has 2 rings (SSSR count). The molecule has 26 heavy (non-hydrogen) atoms. The minimum atomic E-state index is -0.320. The zero-order chi connectivity index (χ0) is 18.9. The summed E-state index contributed by atoms with van der Waals surface area (Å²) in [6.07, 6.45) is 7.01. The lowest BCUT2D eigenvalue weighted by Crippen LogP contribution is -2.34. The molecule has 0 atom stereocenters. The topological polar surface area (TPSA) is 64.4 Å². The maximum Gasteiger partial charge on any atom is 0.307 e. The maximum absolute atomic E-state index is 12.5. The molecular formula is C20H25N3O3. The second-order valence-corrected chi connectivity index (χ2v) is 6.39. The van der Waals surface area contributed by atoms with E-state index in [0.29, 0.717) is 19.0 Å². The molecule has 1 aromatic carbocycles. The maximum atomic E-state index is 12.5. The fraction of sp³-hybridized carbons (Fsp3) is 0.350. The van der Waals surface area contributed by atoms with Crippen LogP contribution in [-0.4, -0.2) is 46.8 Å². The van der Waals surface area contributed by atoms with Crippen LogP contribution < -0.4 is 0 Å². The molecule has 0 radical (unpaired) electrons. The van der Waals surface area contributed by atoms with Crippen molar-refractivity contribution in [2.45, 2.75) is 20.3 Å². The van der Waals surface area contributed by atoms with Gasteiger partial charge in [-0.2, -0.15) is 5.10 Å². The number of ether oxygens (including phenoxy) is 1. The zero-order valence-electron chi connectivity index (χ0n) is 15.5. The van der Waals surface area contributed by atoms with Crippen molar-refractivity contribution in [3.05, 3.63) is 54.4 Å². The van der Waals surface area contributed by atoms with Gasteiger partial charge in [-0.15, -0.1) is 0 Å². The molecule has 1 amide bonds. The number of rotatable bonds is 8. The van der Waals surface area contributed by atoms with Gasteiger partial charge in [0.2, 0.25) is 5.91 Å². The van der Waals surface area contributed by atoms with Crippen LogP contribution in [0.4, 0.5) is 0 Å². The third-order valence-corrected chi connectivity index (χ3v) is 3.75. The highest BCUT2D eigenvalue weighted by atomic mass is 16.5. The molecule has 6 heteroatoms. The Kier molecular flexibility index (Phi) is 7.14. The summed E-state index contributed by atoms with van der Waals surface area (Å²) in [6, 6.07) is 9.76. The second kappa shape index (κ2) is 9.56. The Balaban J connectivity index is 2.03. The van der Waals surface area contributed by atoms with Gasteiger partial charge in [-0.3, -0.25) is 9.59 Å². The number of para-hydroxylation sites is 1. The average molecular weight is 355 g/mol. The minimum absolute atomic E-state index is 0.130. The molecule has 0 aliphatic heterocycles. The summed E-state index contributed by atoms with van der Waals surface area (Å²) >= 11 is 0. The lowest BCUT2D eigenvalue weighted by Gasteiger charge is -2.22. The Morgan fingerprint density at radius 2 is 2.00 bits per heavy atom. The largest absolute Gasteiger partial charge is 0.469 e. The Labute approximate surface area is 154 Å². The second-order valence-electron chi connectivity index (χ2n) is 6.39. The van der Waals surface area contributed by atoms with E-state index in [1.54, 1.807) is 21.9 Å². The summed E-state index contributed by atoms with van der Waals surface area (Å²) in [5.74, 6) is -0.138. The molecular weight excluding hydrogens is 330 g/mol. The zero-order valence-corrected chi connectivity index (χ0v) is 15.5. The SMILES string of the molecule is COC(=O)CCN(CC(C)C)C(=O)C=Cc1cnn(-c2ccccc2)c1. The van der Waals surface area contributed by atoms with Crippen LogP contribution in [0.1, 0.15) is 25.8 Å². The summed E-state index contributed by atoms with van der Waals surface area (Å²) in [7, 11) is 1.35. The van der Waals surface area contributed by atoms with Crippen LogP contribution in [0.2, 0.25) is 0 Å². The number of aromatic nitrogens is 2. The van der Waals surface area contributed by atoms with Crippen molar-refractivity contribution in [2.75, 3.05) is 20.2 Å². The van der Waals surface area contributed by atoms with Crippen LogP contribution >= 0.6 is 0 Å². The Morgan fingerprint density at radius 3 is 2.65 bits per heavy atom. The number of hydrogen-bond donors (Lipinski definition) is 0. The number of benzene rings is 1. The minimum Gasteiger partial charge on any atom is -0.469 e. The van der Waals surface area contributed by atoms with Gasteiger partial charge >= 0.3 is 5.97 Å². The lowest BCUT2D eigenvalue weighted by molar-refractivity contribution is -0.141. The van der Waals surface area contributed by atoms with Crippen LogP contribution in [-0.2, 0) is 14.3 Å². The lowest BCUT2D eigenvalue weighted by atomic mass is 10.2. The fourth-order valence-electron chi connectivity index (χ4n) is 2.48. The molecule has 0 saturated heterocycles. The van der Waals surface area contributed by atoms with E-state index >= 15 is 0 Å². The highest BCUT2D eigenvalue weighted by Crippen LogP contribution is 2.09. The van der Waals surface area contributed by atoms with Gasteiger partial charge in [0.1, 0.15) is 0 Å². The Bertz CT molecular complexity index is 751. The van der Waals surface area contributed by atoms with Gasteiger partial charge in [-0.25, -0.2) is 4.68 Å². The number of amides is 1. The van der Waals surface area contributed by atoms with Gasteiger partial charge in [0.05, 0.1) is 25.4 Å². The summed E-state index contributed by atoms with van der Waals surface area (Å²) in [5.41, 5.74) is 1.79. The van der Waals surface area contributed by atoms with Crippen LogP contribution in [0, 0.1) is 5.92 Å². The number of nitrogens with zero attached hydrogens (tertiary/aromatic N) is 3. The first-order valence-corrected chi connectivity index (χ1v) is 8.63. The van der Waals surface area contributed by atoms with Crippen molar-refractivity contribution >= 4 is 18.0 Å². The van der Waals surface area contributed by atoms with Crippen LogP contribution in [0.5, 0.6) is 0 Å². The molecule has 6 nitrogen and oxygen atoms in total. The molecule has 138 valence electrons. The molecule has 0 unspecified atom stereocenters. The first-order chi connectivity index (χ1) is 12.5. The van der Waals surface area contributed by atoms with Crippen molar-refractivity contribution in [3.63, 3.8) is 0 Å².